The number of nitrogens with two attached hydrogens (primary N) is 1. The fraction of sp³-hybridized carbons (Fsp3) is 0.875. The monoisotopic (exact) mass is 171 g/mol. The van der Waals surface area contributed by atoms with Gasteiger partial charge in [0.25, 0.3) is 0 Å². The van der Waals surface area contributed by atoms with Crippen LogP contribution in [0.25, 0.3) is 0 Å². The van der Waals surface area contributed by atoms with Gasteiger partial charge in [-0.1, -0.05) is 6.92 Å². The molecule has 4 N–H and O–H groups in total. The molecule has 1 atom stereocenters. The Bertz CT molecular complexity index is 183. The van der Waals surface area contributed by atoms with Gasteiger partial charge in [0.2, 0.25) is 0 Å². The standard InChI is InChI=1S/C8H17N3O/c1-8(6-12)2-3-11(5-8)4-7(9)10/h12H,2-6H2,1H3,(H3,9,10). The summed E-state index contributed by atoms with van der Waals surface area (Å²) < 4.78 is 0. The molecule has 1 fully saturated rings. The second-order valence-electron chi connectivity index (χ2n) is 3.95. The van der Waals surface area contributed by atoms with E-state index in [1.807, 2.05) is 0 Å². The van der Waals surface area contributed by atoms with Gasteiger partial charge < -0.3 is 10.8 Å². The third-order valence-corrected chi connectivity index (χ3v) is 2.41. The van der Waals surface area contributed by atoms with Crippen molar-refractivity contribution < 1.29 is 5.11 Å². The molecule has 1 saturated heterocycles. The lowest BCUT2D eigenvalue weighted by Crippen LogP contribution is -2.34. The van der Waals surface area contributed by atoms with Crippen LogP contribution in [0.5, 0.6) is 0 Å². The Balaban J connectivity index is 2.40. The van der Waals surface area contributed by atoms with E-state index in [1.165, 1.54) is 0 Å². The maximum absolute atomic E-state index is 9.07. The maximum Gasteiger partial charge on any atom is 0.105 e. The molecule has 0 aromatic carbocycles. The Labute approximate surface area is 72.9 Å². The Morgan fingerprint density at radius 2 is 2.42 bits per heavy atom. The van der Waals surface area contributed by atoms with Crippen molar-refractivity contribution in [3.05, 3.63) is 0 Å². The lowest BCUT2D eigenvalue weighted by atomic mass is 9.91. The molecule has 4 heteroatoms. The smallest absolute Gasteiger partial charge is 0.105 e. The summed E-state index contributed by atoms with van der Waals surface area (Å²) >= 11 is 0. The fourth-order valence-electron chi connectivity index (χ4n) is 1.63. The Morgan fingerprint density at radius 3 is 2.83 bits per heavy atom. The van der Waals surface area contributed by atoms with Crippen LogP contribution in [0.4, 0.5) is 0 Å². The maximum atomic E-state index is 9.07. The fourth-order valence-corrected chi connectivity index (χ4v) is 1.63. The van der Waals surface area contributed by atoms with Crippen molar-refractivity contribution in [1.29, 1.82) is 5.41 Å². The normalized spacial score (nSPS) is 30.8. The van der Waals surface area contributed by atoms with Crippen molar-refractivity contribution in [1.82, 2.24) is 4.90 Å². The molecular formula is C8H17N3O. The van der Waals surface area contributed by atoms with Gasteiger partial charge in [0, 0.05) is 18.6 Å². The molecule has 0 spiro atoms. The molecule has 1 unspecified atom stereocenters. The van der Waals surface area contributed by atoms with Crippen molar-refractivity contribution in [2.24, 2.45) is 11.1 Å². The number of likely N-dealkylation sites (tertiary alicyclic amines) is 1. The average molecular weight is 171 g/mol. The first-order valence-electron chi connectivity index (χ1n) is 4.22. The molecule has 0 bridgehead atoms. The number of amidine groups is 1. The van der Waals surface area contributed by atoms with Crippen LogP contribution in [-0.2, 0) is 0 Å². The van der Waals surface area contributed by atoms with E-state index in [4.69, 9.17) is 16.2 Å². The summed E-state index contributed by atoms with van der Waals surface area (Å²) in [5.41, 5.74) is 5.30. The van der Waals surface area contributed by atoms with Crippen LogP contribution in [0.1, 0.15) is 13.3 Å². The van der Waals surface area contributed by atoms with Gasteiger partial charge in [-0.3, -0.25) is 10.3 Å². The zero-order chi connectivity index (χ0) is 9.19. The molecular weight excluding hydrogens is 154 g/mol. The van der Waals surface area contributed by atoms with Crippen molar-refractivity contribution in [3.8, 4) is 0 Å². The highest BCUT2D eigenvalue weighted by atomic mass is 16.3. The number of hydrogen-bond donors (Lipinski definition) is 3. The van der Waals surface area contributed by atoms with Crippen LogP contribution >= 0.6 is 0 Å². The van der Waals surface area contributed by atoms with E-state index in [9.17, 15) is 0 Å². The summed E-state index contributed by atoms with van der Waals surface area (Å²) in [7, 11) is 0. The van der Waals surface area contributed by atoms with E-state index in [0.29, 0.717) is 6.54 Å². The number of aliphatic hydroxyl groups excluding tert-OH is 1. The van der Waals surface area contributed by atoms with Gasteiger partial charge in [-0.05, 0) is 13.0 Å². The molecule has 1 heterocycles. The first kappa shape index (κ1) is 9.48. The molecule has 12 heavy (non-hydrogen) atoms. The summed E-state index contributed by atoms with van der Waals surface area (Å²) in [6.07, 6.45) is 0.997. The Hall–Kier alpha value is -0.610. The number of nitrogens with one attached hydrogen (secondary N) is 1. The van der Waals surface area contributed by atoms with Gasteiger partial charge in [0.15, 0.2) is 0 Å². The van der Waals surface area contributed by atoms with Gasteiger partial charge in [-0.25, -0.2) is 0 Å². The summed E-state index contributed by atoms with van der Waals surface area (Å²) in [5.74, 6) is 0.206. The Morgan fingerprint density at radius 1 is 1.75 bits per heavy atom. The molecule has 4 nitrogen and oxygen atoms in total. The van der Waals surface area contributed by atoms with Gasteiger partial charge in [0.1, 0.15) is 5.84 Å². The van der Waals surface area contributed by atoms with Crippen LogP contribution in [0.3, 0.4) is 0 Å². The summed E-state index contributed by atoms with van der Waals surface area (Å²) in [4.78, 5) is 2.11. The molecule has 0 radical (unpaired) electrons. The number of aliphatic hydroxyl groups is 1. The minimum Gasteiger partial charge on any atom is -0.396 e. The quantitative estimate of drug-likeness (QED) is 0.400. The zero-order valence-electron chi connectivity index (χ0n) is 7.51. The van der Waals surface area contributed by atoms with Gasteiger partial charge in [-0.2, -0.15) is 0 Å². The van der Waals surface area contributed by atoms with Crippen LogP contribution in [0, 0.1) is 10.8 Å². The molecule has 0 saturated carbocycles. The first-order valence-corrected chi connectivity index (χ1v) is 4.22. The van der Waals surface area contributed by atoms with Gasteiger partial charge in [0.05, 0.1) is 6.54 Å². The van der Waals surface area contributed by atoms with Crippen LogP contribution < -0.4 is 5.73 Å². The van der Waals surface area contributed by atoms with Crippen molar-refractivity contribution in [2.45, 2.75) is 13.3 Å². The minimum absolute atomic E-state index is 0.0233. The predicted molar refractivity (Wildman–Crippen MR) is 48.2 cm³/mol. The number of nitrogens with zero attached hydrogens (tertiary/aromatic N) is 1. The predicted octanol–water partition coefficient (Wildman–Crippen LogP) is -0.373. The van der Waals surface area contributed by atoms with E-state index in [1.54, 1.807) is 0 Å². The van der Waals surface area contributed by atoms with Gasteiger partial charge >= 0.3 is 0 Å². The molecule has 0 aromatic rings. The highest BCUT2D eigenvalue weighted by Gasteiger charge is 2.32. The highest BCUT2D eigenvalue weighted by Crippen LogP contribution is 2.28. The van der Waals surface area contributed by atoms with Gasteiger partial charge in [-0.15, -0.1) is 0 Å². The second-order valence-corrected chi connectivity index (χ2v) is 3.95. The van der Waals surface area contributed by atoms with Crippen molar-refractivity contribution in [3.63, 3.8) is 0 Å². The first-order chi connectivity index (χ1) is 5.56. The lowest BCUT2D eigenvalue weighted by Gasteiger charge is -2.21. The number of rotatable bonds is 3. The van der Waals surface area contributed by atoms with E-state index in [-0.39, 0.29) is 17.9 Å². The molecule has 1 aliphatic rings. The van der Waals surface area contributed by atoms with E-state index < -0.39 is 0 Å². The van der Waals surface area contributed by atoms with Crippen LogP contribution in [-0.4, -0.2) is 42.1 Å². The molecule has 70 valence electrons. The molecule has 1 aliphatic heterocycles. The average Bonchev–Trinajstić information content (AvgIpc) is 2.32. The summed E-state index contributed by atoms with van der Waals surface area (Å²) in [5, 5.41) is 16.2. The van der Waals surface area contributed by atoms with Crippen LogP contribution in [0.15, 0.2) is 0 Å². The minimum atomic E-state index is 0.0233. The topological polar surface area (TPSA) is 73.3 Å². The molecule has 0 amide bonds. The van der Waals surface area contributed by atoms with E-state index in [0.717, 1.165) is 19.5 Å². The molecule has 1 rings (SSSR count). The lowest BCUT2D eigenvalue weighted by molar-refractivity contribution is 0.148. The third kappa shape index (κ3) is 2.19. The van der Waals surface area contributed by atoms with E-state index >= 15 is 0 Å². The summed E-state index contributed by atoms with van der Waals surface area (Å²) in [6.45, 7) is 4.61. The van der Waals surface area contributed by atoms with Crippen LogP contribution in [0.2, 0.25) is 0 Å². The van der Waals surface area contributed by atoms with Crippen molar-refractivity contribution in [2.75, 3.05) is 26.2 Å². The second kappa shape index (κ2) is 3.41. The third-order valence-electron chi connectivity index (χ3n) is 2.41. The highest BCUT2D eigenvalue weighted by molar-refractivity contribution is 5.78. The van der Waals surface area contributed by atoms with E-state index in [2.05, 4.69) is 11.8 Å². The Kier molecular flexibility index (Phi) is 2.69. The largest absolute Gasteiger partial charge is 0.396 e. The summed E-state index contributed by atoms with van der Waals surface area (Å²) in [6, 6.07) is 0. The van der Waals surface area contributed by atoms with Crippen molar-refractivity contribution >= 4 is 5.84 Å². The SMILES string of the molecule is CC1(CO)CCN(CC(=N)N)C1. The molecule has 0 aliphatic carbocycles. The number of hydrogen-bond acceptors (Lipinski definition) is 3. The zero-order valence-corrected chi connectivity index (χ0v) is 7.51. The molecule has 0 aromatic heterocycles.